The van der Waals surface area contributed by atoms with E-state index in [-0.39, 0.29) is 17.1 Å². The molecule has 0 spiro atoms. The normalized spacial score (nSPS) is 13.5. The number of anilines is 2. The van der Waals surface area contributed by atoms with Gasteiger partial charge in [-0.2, -0.15) is 4.37 Å². The number of nitrogens with zero attached hydrogens (tertiary/aromatic N) is 2. The standard InChI is InChI=1S/C20H25FN6O2S2/c1-13(23)16(8-14-4-2-3-5-15(14)10-22)11-24-17-6-7-19(18(21)9-17)31(28,29)27-20-25-12-26-30-20/h2-7,9,12-13,16,24H,8,10-11,22-23H2,1H3,(H,25,26,27)/t13-,16+/m1/s1. The number of aromatic nitrogens is 2. The van der Waals surface area contributed by atoms with Crippen LogP contribution in [0.4, 0.5) is 15.2 Å². The van der Waals surface area contributed by atoms with E-state index in [9.17, 15) is 12.8 Å². The largest absolute Gasteiger partial charge is 0.385 e. The summed E-state index contributed by atoms with van der Waals surface area (Å²) in [5, 5.41) is 3.23. The van der Waals surface area contributed by atoms with Crippen molar-refractivity contribution in [2.24, 2.45) is 17.4 Å². The quantitative estimate of drug-likeness (QED) is 0.362. The molecule has 31 heavy (non-hydrogen) atoms. The van der Waals surface area contributed by atoms with Crippen molar-refractivity contribution >= 4 is 32.4 Å². The Bertz CT molecular complexity index is 1110. The summed E-state index contributed by atoms with van der Waals surface area (Å²) in [7, 11) is -4.10. The van der Waals surface area contributed by atoms with E-state index in [0.29, 0.717) is 18.8 Å². The number of nitrogens with two attached hydrogens (primary N) is 2. The van der Waals surface area contributed by atoms with Gasteiger partial charge < -0.3 is 16.8 Å². The van der Waals surface area contributed by atoms with Gasteiger partial charge in [-0.25, -0.2) is 17.8 Å². The molecule has 0 bridgehead atoms. The Balaban J connectivity index is 1.69. The van der Waals surface area contributed by atoms with E-state index in [4.69, 9.17) is 11.5 Å². The molecule has 2 aromatic carbocycles. The predicted molar refractivity (Wildman–Crippen MR) is 121 cm³/mol. The van der Waals surface area contributed by atoms with Gasteiger partial charge in [0, 0.05) is 36.4 Å². The Morgan fingerprint density at radius 1 is 1.19 bits per heavy atom. The average molecular weight is 465 g/mol. The number of nitrogens with one attached hydrogen (secondary N) is 2. The topological polar surface area (TPSA) is 136 Å². The fourth-order valence-electron chi connectivity index (χ4n) is 3.15. The van der Waals surface area contributed by atoms with Gasteiger partial charge >= 0.3 is 0 Å². The van der Waals surface area contributed by atoms with Gasteiger partial charge in [0.25, 0.3) is 10.0 Å². The van der Waals surface area contributed by atoms with Gasteiger partial charge in [-0.05, 0) is 48.6 Å². The number of hydrogen-bond acceptors (Lipinski definition) is 8. The van der Waals surface area contributed by atoms with Crippen molar-refractivity contribution in [1.29, 1.82) is 0 Å². The molecule has 2 atom stereocenters. The third-order valence-corrected chi connectivity index (χ3v) is 7.02. The van der Waals surface area contributed by atoms with Crippen LogP contribution in [0.2, 0.25) is 0 Å². The molecule has 0 aliphatic carbocycles. The molecule has 0 radical (unpaired) electrons. The number of halogens is 1. The van der Waals surface area contributed by atoms with Crippen molar-refractivity contribution in [2.75, 3.05) is 16.6 Å². The van der Waals surface area contributed by atoms with Gasteiger partial charge in [-0.15, -0.1) is 0 Å². The van der Waals surface area contributed by atoms with Crippen LogP contribution in [0.15, 0.2) is 53.7 Å². The highest BCUT2D eigenvalue weighted by atomic mass is 32.2. The Morgan fingerprint density at radius 3 is 2.55 bits per heavy atom. The van der Waals surface area contributed by atoms with E-state index in [1.807, 2.05) is 31.2 Å². The van der Waals surface area contributed by atoms with E-state index in [0.717, 1.165) is 35.1 Å². The first kappa shape index (κ1) is 23.1. The molecule has 3 aromatic rings. The summed E-state index contributed by atoms with van der Waals surface area (Å²) in [5.74, 6) is -0.800. The lowest BCUT2D eigenvalue weighted by atomic mass is 9.91. The third kappa shape index (κ3) is 5.97. The maximum atomic E-state index is 14.6. The molecule has 1 aromatic heterocycles. The second kappa shape index (κ2) is 10.1. The van der Waals surface area contributed by atoms with E-state index in [2.05, 4.69) is 19.4 Å². The second-order valence-corrected chi connectivity index (χ2v) is 9.61. The summed E-state index contributed by atoms with van der Waals surface area (Å²) in [6.45, 7) is 2.86. The zero-order valence-electron chi connectivity index (χ0n) is 17.0. The van der Waals surface area contributed by atoms with Crippen LogP contribution in [0, 0.1) is 11.7 Å². The van der Waals surface area contributed by atoms with Crippen molar-refractivity contribution < 1.29 is 12.8 Å². The molecule has 0 aliphatic rings. The van der Waals surface area contributed by atoms with Crippen molar-refractivity contribution in [3.8, 4) is 0 Å². The molecule has 8 nitrogen and oxygen atoms in total. The number of sulfonamides is 1. The van der Waals surface area contributed by atoms with E-state index in [1.54, 1.807) is 0 Å². The minimum atomic E-state index is -4.10. The van der Waals surface area contributed by atoms with Crippen molar-refractivity contribution in [3.63, 3.8) is 0 Å². The number of rotatable bonds is 10. The number of hydrogen-bond donors (Lipinski definition) is 4. The third-order valence-electron chi connectivity index (χ3n) is 4.94. The van der Waals surface area contributed by atoms with Crippen molar-refractivity contribution in [2.45, 2.75) is 30.8 Å². The summed E-state index contributed by atoms with van der Waals surface area (Å²) in [6, 6.07) is 11.7. The van der Waals surface area contributed by atoms with Crippen LogP contribution in [0.5, 0.6) is 0 Å². The Hall–Kier alpha value is -2.60. The lowest BCUT2D eigenvalue weighted by molar-refractivity contribution is 0.461. The monoisotopic (exact) mass is 464 g/mol. The van der Waals surface area contributed by atoms with Crippen molar-refractivity contribution in [1.82, 2.24) is 9.36 Å². The highest BCUT2D eigenvalue weighted by molar-refractivity contribution is 7.93. The SMILES string of the molecule is C[C@@H](N)[C@H](CNc1ccc(S(=O)(=O)Nc2ncns2)c(F)c1)Cc1ccccc1CN. The minimum Gasteiger partial charge on any atom is -0.385 e. The summed E-state index contributed by atoms with van der Waals surface area (Å²) >= 11 is 0.865. The molecule has 0 saturated carbocycles. The van der Waals surface area contributed by atoms with Crippen LogP contribution in [-0.4, -0.2) is 30.4 Å². The lowest BCUT2D eigenvalue weighted by Gasteiger charge is -2.23. The molecular weight excluding hydrogens is 439 g/mol. The van der Waals surface area contributed by atoms with Crippen LogP contribution in [-0.2, 0) is 23.0 Å². The molecule has 6 N–H and O–H groups in total. The van der Waals surface area contributed by atoms with Gasteiger partial charge in [0.1, 0.15) is 17.0 Å². The molecule has 166 valence electrons. The fourth-order valence-corrected chi connectivity index (χ4v) is 4.87. The van der Waals surface area contributed by atoms with Crippen LogP contribution in [0.1, 0.15) is 18.1 Å². The first-order chi connectivity index (χ1) is 14.8. The molecular formula is C20H25FN6O2S2. The first-order valence-electron chi connectivity index (χ1n) is 9.65. The van der Waals surface area contributed by atoms with Gasteiger partial charge in [-0.1, -0.05) is 24.3 Å². The molecule has 0 aliphatic heterocycles. The van der Waals surface area contributed by atoms with Crippen LogP contribution in [0.3, 0.4) is 0 Å². The Morgan fingerprint density at radius 2 is 1.94 bits per heavy atom. The first-order valence-corrected chi connectivity index (χ1v) is 11.9. The minimum absolute atomic E-state index is 0.0678. The number of benzene rings is 2. The average Bonchev–Trinajstić information content (AvgIpc) is 3.23. The van der Waals surface area contributed by atoms with E-state index >= 15 is 0 Å². The summed E-state index contributed by atoms with van der Waals surface area (Å²) in [5.41, 5.74) is 14.7. The molecule has 0 fully saturated rings. The molecule has 11 heteroatoms. The molecule has 3 rings (SSSR count). The smallest absolute Gasteiger partial charge is 0.266 e. The lowest BCUT2D eigenvalue weighted by Crippen LogP contribution is -2.34. The predicted octanol–water partition coefficient (Wildman–Crippen LogP) is 2.55. The van der Waals surface area contributed by atoms with Crippen LogP contribution >= 0.6 is 11.5 Å². The zero-order chi connectivity index (χ0) is 22.4. The molecule has 0 saturated heterocycles. The van der Waals surface area contributed by atoms with Crippen LogP contribution < -0.4 is 21.5 Å². The van der Waals surface area contributed by atoms with Crippen molar-refractivity contribution in [3.05, 3.63) is 65.7 Å². The maximum absolute atomic E-state index is 14.6. The van der Waals surface area contributed by atoms with E-state index < -0.39 is 20.7 Å². The summed E-state index contributed by atoms with van der Waals surface area (Å²) in [4.78, 5) is 3.28. The molecule has 0 unspecified atom stereocenters. The van der Waals surface area contributed by atoms with Gasteiger partial charge in [0.05, 0.1) is 0 Å². The van der Waals surface area contributed by atoms with Gasteiger partial charge in [0.2, 0.25) is 5.13 Å². The van der Waals surface area contributed by atoms with Gasteiger partial charge in [0.15, 0.2) is 0 Å². The van der Waals surface area contributed by atoms with Crippen LogP contribution in [0.25, 0.3) is 0 Å². The zero-order valence-corrected chi connectivity index (χ0v) is 18.6. The second-order valence-electron chi connectivity index (χ2n) is 7.17. The van der Waals surface area contributed by atoms with E-state index in [1.165, 1.54) is 18.5 Å². The Labute approximate surface area is 185 Å². The fraction of sp³-hybridized carbons (Fsp3) is 0.300. The van der Waals surface area contributed by atoms with Gasteiger partial charge in [-0.3, -0.25) is 4.72 Å². The highest BCUT2D eigenvalue weighted by Crippen LogP contribution is 2.23. The summed E-state index contributed by atoms with van der Waals surface area (Å²) < 4.78 is 45.3. The summed E-state index contributed by atoms with van der Waals surface area (Å²) in [6.07, 6.45) is 1.94. The Kier molecular flexibility index (Phi) is 7.55. The maximum Gasteiger partial charge on any atom is 0.266 e. The molecule has 1 heterocycles. The molecule has 0 amide bonds. The highest BCUT2D eigenvalue weighted by Gasteiger charge is 2.21.